The van der Waals surface area contributed by atoms with E-state index in [2.05, 4.69) is 4.98 Å². The molecular formula is C6H7NO3. The summed E-state index contributed by atoms with van der Waals surface area (Å²) in [6.45, 7) is 1.30. The molecule has 0 aliphatic carbocycles. The molecule has 1 heterocycles. The molecule has 0 aliphatic rings. The SMILES string of the molecule is CC(=O)c1[nH]c(O)cc1O. The van der Waals surface area contributed by atoms with Crippen molar-refractivity contribution < 1.29 is 15.0 Å². The third-order valence-corrected chi connectivity index (χ3v) is 1.13. The summed E-state index contributed by atoms with van der Waals surface area (Å²) in [5.74, 6) is -0.731. The summed E-state index contributed by atoms with van der Waals surface area (Å²) in [6, 6.07) is 1.08. The normalized spacial score (nSPS) is 9.70. The molecule has 3 N–H and O–H groups in total. The molecule has 54 valence electrons. The van der Waals surface area contributed by atoms with Gasteiger partial charge in [-0.25, -0.2) is 0 Å². The summed E-state index contributed by atoms with van der Waals surface area (Å²) in [5.41, 5.74) is 0.0394. The monoisotopic (exact) mass is 141 g/mol. The minimum absolute atomic E-state index is 0.0394. The predicted octanol–water partition coefficient (Wildman–Crippen LogP) is 0.628. The van der Waals surface area contributed by atoms with Gasteiger partial charge in [0.25, 0.3) is 0 Å². The van der Waals surface area contributed by atoms with Gasteiger partial charge in [0.1, 0.15) is 11.4 Å². The van der Waals surface area contributed by atoms with Crippen LogP contribution in [0.4, 0.5) is 0 Å². The van der Waals surface area contributed by atoms with E-state index in [0.717, 1.165) is 6.07 Å². The molecule has 0 atom stereocenters. The molecule has 0 aromatic carbocycles. The van der Waals surface area contributed by atoms with E-state index < -0.39 is 0 Å². The Morgan fingerprint density at radius 3 is 2.40 bits per heavy atom. The van der Waals surface area contributed by atoms with Gasteiger partial charge in [0, 0.05) is 13.0 Å². The quantitative estimate of drug-likeness (QED) is 0.502. The summed E-state index contributed by atoms with van der Waals surface area (Å²) >= 11 is 0. The number of aromatic nitrogens is 1. The highest BCUT2D eigenvalue weighted by molar-refractivity contribution is 5.95. The van der Waals surface area contributed by atoms with E-state index in [1.165, 1.54) is 6.92 Å². The van der Waals surface area contributed by atoms with Gasteiger partial charge >= 0.3 is 0 Å². The molecule has 1 aromatic heterocycles. The molecule has 0 saturated carbocycles. The van der Waals surface area contributed by atoms with Crippen LogP contribution >= 0.6 is 0 Å². The van der Waals surface area contributed by atoms with Crippen molar-refractivity contribution >= 4 is 5.78 Å². The van der Waals surface area contributed by atoms with Crippen molar-refractivity contribution in [1.82, 2.24) is 4.98 Å². The van der Waals surface area contributed by atoms with Crippen molar-refractivity contribution in [3.8, 4) is 11.6 Å². The van der Waals surface area contributed by atoms with E-state index in [1.807, 2.05) is 0 Å². The lowest BCUT2D eigenvalue weighted by molar-refractivity contribution is 0.101. The molecule has 10 heavy (non-hydrogen) atoms. The largest absolute Gasteiger partial charge is 0.505 e. The Morgan fingerprint density at radius 1 is 1.60 bits per heavy atom. The van der Waals surface area contributed by atoms with E-state index >= 15 is 0 Å². The first-order chi connectivity index (χ1) is 4.61. The van der Waals surface area contributed by atoms with Gasteiger partial charge in [0.2, 0.25) is 0 Å². The Bertz CT molecular complexity index is 264. The summed E-state index contributed by atoms with van der Waals surface area (Å²) in [4.78, 5) is 12.9. The third kappa shape index (κ3) is 0.953. The van der Waals surface area contributed by atoms with Crippen LogP contribution in [-0.4, -0.2) is 21.0 Å². The minimum atomic E-state index is -0.308. The zero-order valence-corrected chi connectivity index (χ0v) is 5.38. The minimum Gasteiger partial charge on any atom is -0.505 e. The number of aromatic hydroxyl groups is 2. The van der Waals surface area contributed by atoms with Crippen LogP contribution in [0.25, 0.3) is 0 Å². The number of Topliss-reactive ketones (excluding diaryl/α,β-unsaturated/α-hetero) is 1. The van der Waals surface area contributed by atoms with Gasteiger partial charge in [-0.1, -0.05) is 0 Å². The van der Waals surface area contributed by atoms with Crippen molar-refractivity contribution in [1.29, 1.82) is 0 Å². The van der Waals surface area contributed by atoms with E-state index in [0.29, 0.717) is 0 Å². The molecular weight excluding hydrogens is 134 g/mol. The first-order valence-electron chi connectivity index (χ1n) is 2.73. The maximum atomic E-state index is 10.6. The summed E-state index contributed by atoms with van der Waals surface area (Å²) in [6.07, 6.45) is 0. The molecule has 0 bridgehead atoms. The average Bonchev–Trinajstić information content (AvgIpc) is 2.10. The van der Waals surface area contributed by atoms with Gasteiger partial charge in [-0.3, -0.25) is 4.79 Å². The molecule has 0 amide bonds. The van der Waals surface area contributed by atoms with Gasteiger partial charge in [0.15, 0.2) is 11.7 Å². The molecule has 0 radical (unpaired) electrons. The molecule has 1 rings (SSSR count). The predicted molar refractivity (Wildman–Crippen MR) is 34.1 cm³/mol. The van der Waals surface area contributed by atoms with Gasteiger partial charge in [-0.15, -0.1) is 0 Å². The van der Waals surface area contributed by atoms with E-state index in [9.17, 15) is 4.79 Å². The lowest BCUT2D eigenvalue weighted by Gasteiger charge is -1.87. The van der Waals surface area contributed by atoms with E-state index in [1.54, 1.807) is 0 Å². The average molecular weight is 141 g/mol. The number of hydrogen-bond acceptors (Lipinski definition) is 3. The highest BCUT2D eigenvalue weighted by Gasteiger charge is 2.09. The van der Waals surface area contributed by atoms with Crippen LogP contribution < -0.4 is 0 Å². The Labute approximate surface area is 57.1 Å². The zero-order valence-electron chi connectivity index (χ0n) is 5.38. The molecule has 0 saturated heterocycles. The fraction of sp³-hybridized carbons (Fsp3) is 0.167. The van der Waals surface area contributed by atoms with Gasteiger partial charge in [-0.2, -0.15) is 0 Å². The van der Waals surface area contributed by atoms with Crippen molar-refractivity contribution in [2.24, 2.45) is 0 Å². The Kier molecular flexibility index (Phi) is 1.37. The smallest absolute Gasteiger partial charge is 0.192 e. The van der Waals surface area contributed by atoms with Crippen LogP contribution in [-0.2, 0) is 0 Å². The number of carbonyl (C=O) groups is 1. The second-order valence-corrected chi connectivity index (χ2v) is 1.97. The number of nitrogens with one attached hydrogen (secondary N) is 1. The van der Waals surface area contributed by atoms with Crippen LogP contribution in [0.3, 0.4) is 0 Å². The molecule has 4 heteroatoms. The van der Waals surface area contributed by atoms with Gasteiger partial charge in [0.05, 0.1) is 0 Å². The Balaban J connectivity index is 3.15. The van der Waals surface area contributed by atoms with E-state index in [-0.39, 0.29) is 23.1 Å². The van der Waals surface area contributed by atoms with Crippen LogP contribution in [0.5, 0.6) is 11.6 Å². The Hall–Kier alpha value is -1.45. The van der Waals surface area contributed by atoms with Crippen LogP contribution in [0.15, 0.2) is 6.07 Å². The number of aromatic amines is 1. The molecule has 1 aromatic rings. The zero-order chi connectivity index (χ0) is 7.72. The topological polar surface area (TPSA) is 73.3 Å². The van der Waals surface area contributed by atoms with Crippen molar-refractivity contribution in [3.05, 3.63) is 11.8 Å². The number of rotatable bonds is 1. The fourth-order valence-electron chi connectivity index (χ4n) is 0.698. The molecule has 0 unspecified atom stereocenters. The molecule has 0 spiro atoms. The van der Waals surface area contributed by atoms with Crippen molar-refractivity contribution in [2.45, 2.75) is 6.92 Å². The summed E-state index contributed by atoms with van der Waals surface area (Å²) in [5, 5.41) is 17.6. The first kappa shape index (κ1) is 6.67. The fourth-order valence-corrected chi connectivity index (χ4v) is 0.698. The molecule has 4 nitrogen and oxygen atoms in total. The summed E-state index contributed by atoms with van der Waals surface area (Å²) < 4.78 is 0. The van der Waals surface area contributed by atoms with E-state index in [4.69, 9.17) is 10.2 Å². The standard InChI is InChI=1S/C6H7NO3/c1-3(8)6-4(9)2-5(10)7-6/h2,7,9-10H,1H3. The van der Waals surface area contributed by atoms with Crippen LogP contribution in [0.2, 0.25) is 0 Å². The lowest BCUT2D eigenvalue weighted by atomic mass is 10.3. The van der Waals surface area contributed by atoms with Crippen molar-refractivity contribution in [2.75, 3.05) is 0 Å². The maximum Gasteiger partial charge on any atom is 0.192 e. The van der Waals surface area contributed by atoms with Crippen molar-refractivity contribution in [3.63, 3.8) is 0 Å². The second kappa shape index (κ2) is 2.06. The molecule has 0 fully saturated rings. The second-order valence-electron chi connectivity index (χ2n) is 1.97. The van der Waals surface area contributed by atoms with Gasteiger partial charge in [-0.05, 0) is 0 Å². The number of H-pyrrole nitrogens is 1. The van der Waals surface area contributed by atoms with Crippen LogP contribution in [0.1, 0.15) is 17.4 Å². The lowest BCUT2D eigenvalue weighted by Crippen LogP contribution is -1.91. The highest BCUT2D eigenvalue weighted by Crippen LogP contribution is 2.21. The number of ketones is 1. The molecule has 0 aliphatic heterocycles. The summed E-state index contributed by atoms with van der Waals surface area (Å²) in [7, 11) is 0. The van der Waals surface area contributed by atoms with Gasteiger partial charge < -0.3 is 15.2 Å². The highest BCUT2D eigenvalue weighted by atomic mass is 16.3. The Morgan fingerprint density at radius 2 is 2.20 bits per heavy atom. The number of hydrogen-bond donors (Lipinski definition) is 3. The number of carbonyl (C=O) groups excluding carboxylic acids is 1. The maximum absolute atomic E-state index is 10.6. The first-order valence-corrected chi connectivity index (χ1v) is 2.73. The third-order valence-electron chi connectivity index (χ3n) is 1.13. The van der Waals surface area contributed by atoms with Crippen LogP contribution in [0, 0.1) is 0 Å².